The van der Waals surface area contributed by atoms with Crippen molar-refractivity contribution in [3.63, 3.8) is 0 Å². The predicted octanol–water partition coefficient (Wildman–Crippen LogP) is 18.9. The minimum Gasteiger partial charge on any atom is -0.508 e. The van der Waals surface area contributed by atoms with Gasteiger partial charge in [0.05, 0.1) is 59.9 Å². The molecule has 0 aliphatic carbocycles. The molecule has 0 aliphatic rings. The van der Waals surface area contributed by atoms with E-state index >= 15 is 0 Å². The van der Waals surface area contributed by atoms with E-state index in [2.05, 4.69) is 190 Å². The van der Waals surface area contributed by atoms with Crippen molar-refractivity contribution in [2.24, 2.45) is 11.5 Å². The Balaban J connectivity index is 0. The van der Waals surface area contributed by atoms with Gasteiger partial charge in [0.15, 0.2) is 11.5 Å². The van der Waals surface area contributed by atoms with Crippen LogP contribution in [0.15, 0.2) is 133 Å². The number of aromatic hydroxyl groups is 3. The summed E-state index contributed by atoms with van der Waals surface area (Å²) < 4.78 is 41.8. The van der Waals surface area contributed by atoms with Gasteiger partial charge >= 0.3 is 34.8 Å². The number of phenols is 3. The summed E-state index contributed by atoms with van der Waals surface area (Å²) in [7, 11) is -1.35. The number of hydrogen-bond donors (Lipinski definition) is 13. The molecule has 7 aromatic rings. The molecule has 0 aromatic heterocycles. The molecule has 0 heterocycles. The number of aryl methyl sites for hydroxylation is 2. The number of phenolic OH excluding ortho intramolecular Hbond substituents is 3. The first-order chi connectivity index (χ1) is 52.3. The Morgan fingerprint density at radius 3 is 0.991 bits per heavy atom. The predicted molar refractivity (Wildman–Crippen MR) is 533 cm³/mol. The van der Waals surface area contributed by atoms with Gasteiger partial charge < -0.3 is 101 Å². The summed E-state index contributed by atoms with van der Waals surface area (Å²) in [5.74, 6) is 3.74. The summed E-state index contributed by atoms with van der Waals surface area (Å²) in [5.41, 5.74) is 15.6. The molecule has 114 heavy (non-hydrogen) atoms. The number of amides is 2. The average molecular weight is 2700 g/mol. The summed E-state index contributed by atoms with van der Waals surface area (Å²) in [6.45, 7) is 24.4. The molecular weight excluding hydrogens is 2600 g/mol. The minimum atomic E-state index is -1.35. The molecule has 0 fully saturated rings. The normalized spacial score (nSPS) is 11.7. The van der Waals surface area contributed by atoms with Crippen LogP contribution in [0.2, 0.25) is 0 Å². The quantitative estimate of drug-likeness (QED) is 0.0118. The van der Waals surface area contributed by atoms with Crippen LogP contribution in [0, 0.1) is 35.3 Å². The number of alkyl carbamates (subject to hydrolysis) is 2. The molecule has 0 saturated carbocycles. The van der Waals surface area contributed by atoms with Crippen LogP contribution in [-0.2, 0) is 49.4 Å². The number of carbonyl (C=O) groups excluding carboxylic acids is 4. The second-order valence-corrected chi connectivity index (χ2v) is 41.6. The first-order valence-corrected chi connectivity index (χ1v) is 49.5. The molecule has 7 aromatic carbocycles. The lowest BCUT2D eigenvalue weighted by Gasteiger charge is -2.23. The van der Waals surface area contributed by atoms with Crippen LogP contribution in [0.3, 0.4) is 0 Å². The van der Waals surface area contributed by atoms with Gasteiger partial charge in [0.2, 0.25) is 0 Å². The Morgan fingerprint density at radius 2 is 0.702 bits per heavy atom. The fourth-order valence-corrected chi connectivity index (χ4v) is 14.4. The molecule has 0 aliphatic heterocycles. The van der Waals surface area contributed by atoms with E-state index in [1.54, 1.807) is 144 Å². The van der Waals surface area contributed by atoms with Crippen molar-refractivity contribution in [3.8, 4) is 40.2 Å². The van der Waals surface area contributed by atoms with Crippen LogP contribution in [-0.4, -0.2) is 154 Å². The van der Waals surface area contributed by atoms with Crippen molar-refractivity contribution in [2.75, 3.05) is 26.4 Å². The Kier molecular flexibility index (Phi) is 59.2. The van der Waals surface area contributed by atoms with Gasteiger partial charge in [0.25, 0.3) is 0 Å². The molecule has 7 rings (SSSR count). The highest BCUT2D eigenvalue weighted by molar-refractivity contribution is 15.0. The van der Waals surface area contributed by atoms with Gasteiger partial charge in [-0.25, -0.2) is 19.2 Å². The van der Waals surface area contributed by atoms with Crippen LogP contribution in [0.5, 0.6) is 40.2 Å². The maximum atomic E-state index is 12.0. The maximum absolute atomic E-state index is 12.0. The molecule has 2 amide bonds. The second kappa shape index (κ2) is 59.1. The zero-order valence-electron chi connectivity index (χ0n) is 65.1. The molecule has 38 heteroatoms. The molecule has 24 nitrogen and oxygen atoms in total. The third-order valence-electron chi connectivity index (χ3n) is 13.1. The second-order valence-electron chi connectivity index (χ2n) is 28.2. The van der Waals surface area contributed by atoms with Gasteiger partial charge in [-0.1, -0.05) is 59.7 Å². The Labute approximate surface area is 806 Å². The number of aliphatic hydroxyl groups is 4. The van der Waals surface area contributed by atoms with E-state index in [0.717, 1.165) is 66.5 Å². The molecular formula is C76H100B2Br3ClI8N4O20. The lowest BCUT2D eigenvalue weighted by atomic mass is 9.80. The lowest BCUT2D eigenvalue weighted by Crippen LogP contribution is -2.42. The zero-order chi connectivity index (χ0) is 86.9. The van der Waals surface area contributed by atoms with Crippen molar-refractivity contribution < 1.29 is 98.1 Å². The monoisotopic (exact) mass is 2700 g/mol. The third kappa shape index (κ3) is 55.3. The van der Waals surface area contributed by atoms with Crippen molar-refractivity contribution in [1.82, 2.24) is 10.6 Å². The summed E-state index contributed by atoms with van der Waals surface area (Å²) in [4.78, 5) is 45.7. The topological polar surface area (TPSA) is 391 Å². The molecule has 0 spiro atoms. The fourth-order valence-electron chi connectivity index (χ4n) is 8.30. The van der Waals surface area contributed by atoms with Crippen LogP contribution in [0.1, 0.15) is 116 Å². The standard InChI is InChI=1S/C21H25I2NO4.C15H15I2NO3.C14H19I2NO4.C10H18O5.C9H13NO2.C7H9BO2.BBr3.ClH.I2/c1-13-5-7-16(8-6-13)27-19-17(22)10-14(11-18(19)23)9-15(12-25)24-20(26)28-21(2,3)4;16-13-6-9(5-10(18)8-19)7-14(17)15(13)21-12-3-1-11(20)2-4-12;1-14(2,3)21-13(20)17-9(7-18)4-8-5-10(15)12(19)11(16)6-8;1-9(2,3)14-7(11)13-8(12)15-10(4,5)6;10-8(6-11)5-7-1-3-9(12)4-2-7;1-6-2-4-7(5-3-6)8(9)10;2-1(3)4;;1-2/h5-8,10-11,15,25H,9,12H2,1-4H3,(H,24,26);1-4,6-7,10,19-20H,5,8,18H2;5-6,9,18-19H,4,7H2,1-3H3,(H,17,20);1-6H3;1-4,8,11-12H,5-6,10H2;2-5,9-10H,1H3;;1H;/t15-;10-;9-;;8-;;;;/m111.1..../s1. The van der Waals surface area contributed by atoms with E-state index in [1.807, 2.05) is 132 Å². The molecule has 634 valence electrons. The molecule has 15 N–H and O–H groups in total. The first kappa shape index (κ1) is 114. The highest BCUT2D eigenvalue weighted by Gasteiger charge is 2.26. The number of nitrogens with two attached hydrogens (primary N) is 2. The highest BCUT2D eigenvalue weighted by Crippen LogP contribution is 2.36. The van der Waals surface area contributed by atoms with E-state index in [-0.39, 0.29) is 71.4 Å². The summed E-state index contributed by atoms with van der Waals surface area (Å²) in [5, 5.41) is 87.5. The number of benzene rings is 7. The fraction of sp³-hybridized carbons (Fsp3) is 0.395. The van der Waals surface area contributed by atoms with Crippen molar-refractivity contribution in [2.45, 2.75) is 169 Å². The van der Waals surface area contributed by atoms with E-state index in [4.69, 9.17) is 65.3 Å². The highest BCUT2D eigenvalue weighted by atomic mass is 128. The number of carbonyl (C=O) groups is 4. The van der Waals surface area contributed by atoms with E-state index in [9.17, 15) is 39.6 Å². The largest absolute Gasteiger partial charge is 0.519 e. The molecule has 0 saturated heterocycles. The van der Waals surface area contributed by atoms with Crippen molar-refractivity contribution >= 4 is 273 Å². The van der Waals surface area contributed by atoms with Crippen LogP contribution in [0.4, 0.5) is 19.2 Å². The van der Waals surface area contributed by atoms with E-state index in [0.29, 0.717) is 36.9 Å². The van der Waals surface area contributed by atoms with Gasteiger partial charge in [0, 0.05) is 49.3 Å². The zero-order valence-corrected chi connectivity index (χ0v) is 87.9. The van der Waals surface area contributed by atoms with Crippen LogP contribution >= 0.6 is 232 Å². The van der Waals surface area contributed by atoms with Crippen LogP contribution in [0.25, 0.3) is 0 Å². The summed E-state index contributed by atoms with van der Waals surface area (Å²) in [6.07, 6.45) is -0.985. The van der Waals surface area contributed by atoms with Gasteiger partial charge in [-0.3, -0.25) is 0 Å². The number of aliphatic hydroxyl groups excluding tert-OH is 4. The smallest absolute Gasteiger partial charge is 0.508 e. The molecule has 4 atom stereocenters. The Morgan fingerprint density at radius 1 is 0.430 bits per heavy atom. The van der Waals surface area contributed by atoms with E-state index in [1.165, 1.54) is 5.56 Å². The minimum absolute atomic E-state index is 0. The van der Waals surface area contributed by atoms with Crippen molar-refractivity contribution in [1.29, 1.82) is 0 Å². The molecule has 0 unspecified atom stereocenters. The number of nitrogens with one attached hydrogen (secondary N) is 2. The number of halogens is 12. The first-order valence-electron chi connectivity index (χ1n) is 34.0. The maximum Gasteiger partial charge on any atom is 0.519 e. The summed E-state index contributed by atoms with van der Waals surface area (Å²) in [6, 6.07) is 38.8. The lowest BCUT2D eigenvalue weighted by molar-refractivity contribution is -0.0295. The Hall–Kier alpha value is -1.80. The van der Waals surface area contributed by atoms with Gasteiger partial charge in [-0.2, -0.15) is 0 Å². The van der Waals surface area contributed by atoms with Gasteiger partial charge in [-0.15, -0.1) is 59.7 Å². The Bertz CT molecular complexity index is 3870. The molecule has 0 bridgehead atoms. The van der Waals surface area contributed by atoms with Gasteiger partial charge in [0.1, 0.15) is 51.2 Å². The average Bonchev–Trinajstić information content (AvgIpc) is 0.836. The van der Waals surface area contributed by atoms with Crippen molar-refractivity contribution in [3.05, 3.63) is 188 Å². The number of ether oxygens (including phenoxy) is 7. The SMILES string of the molecule is BrB(Br)Br.CC(C)(C)OC(=O)N[C@@H](CO)Cc1cc(I)c(O)c(I)c1.CC(C)(C)OC(=O)OC(=O)OC(C)(C)C.Cc1ccc(B(O)O)cc1.Cc1ccc(Oc2c(I)cc(C[C@H](CO)NC(=O)OC(C)(C)C)cc2I)cc1.Cl.II.N[C@@H](CO)Cc1cc(I)c(Oc2ccc(O)cc2)c(I)c1.N[C@@H](CO)Cc1ccc(O)cc1. The third-order valence-corrected chi connectivity index (χ3v) is 17.9. The van der Waals surface area contributed by atoms with Gasteiger partial charge in [-0.05, 0) is 371 Å². The molecule has 0 radical (unpaired) electrons. The van der Waals surface area contributed by atoms with E-state index < -0.39 is 66.1 Å². The summed E-state index contributed by atoms with van der Waals surface area (Å²) >= 11 is 26.6. The number of rotatable bonds is 19. The number of hydrogen-bond acceptors (Lipinski definition) is 22. The van der Waals surface area contributed by atoms with Crippen LogP contribution < -0.4 is 37.0 Å².